The Hall–Kier alpha value is -4.15. The largest absolute Gasteiger partial charge is 0.497 e. The lowest BCUT2D eigenvalue weighted by Gasteiger charge is -2.37. The maximum absolute atomic E-state index is 11.9. The summed E-state index contributed by atoms with van der Waals surface area (Å²) in [5.74, 6) is 4.28. The van der Waals surface area contributed by atoms with Gasteiger partial charge in [-0.05, 0) is 48.4 Å². The molecule has 0 aliphatic carbocycles. The molecule has 2 saturated heterocycles. The van der Waals surface area contributed by atoms with Crippen LogP contribution < -0.4 is 39.7 Å². The number of carbonyl (C=O) groups is 2. The van der Waals surface area contributed by atoms with Gasteiger partial charge in [0, 0.05) is 36.1 Å². The maximum Gasteiger partial charge on any atom is 0.132 e. The number of benzene rings is 4. The van der Waals surface area contributed by atoms with Gasteiger partial charge < -0.3 is 18.9 Å². The van der Waals surface area contributed by atoms with Crippen LogP contribution in [0.25, 0.3) is 0 Å². The van der Waals surface area contributed by atoms with E-state index in [4.69, 9.17) is 18.9 Å². The molecule has 2 heterocycles. The minimum Gasteiger partial charge on any atom is -0.497 e. The molecule has 0 bridgehead atoms. The van der Waals surface area contributed by atoms with Crippen molar-refractivity contribution < 1.29 is 28.5 Å². The third kappa shape index (κ3) is 6.55. The first-order valence-electron chi connectivity index (χ1n) is 16.0. The Bertz CT molecular complexity index is 1450. The van der Waals surface area contributed by atoms with Gasteiger partial charge in [-0.25, -0.2) is 0 Å². The van der Waals surface area contributed by atoms with Crippen LogP contribution in [-0.4, -0.2) is 56.2 Å². The van der Waals surface area contributed by atoms with Crippen LogP contribution in [0.2, 0.25) is 24.2 Å². The van der Waals surface area contributed by atoms with Crippen LogP contribution >= 0.6 is 0 Å². The first kappa shape index (κ1) is 33.2. The van der Waals surface area contributed by atoms with Crippen molar-refractivity contribution in [1.29, 1.82) is 0 Å². The zero-order chi connectivity index (χ0) is 32.6. The second-order valence-electron chi connectivity index (χ2n) is 12.0. The fraction of sp³-hybridized carbons (Fsp3) is 0.316. The molecule has 0 aromatic heterocycles. The molecule has 0 atom stereocenters. The Morgan fingerprint density at radius 3 is 0.957 bits per heavy atom. The van der Waals surface area contributed by atoms with Crippen molar-refractivity contribution in [3.05, 3.63) is 97.1 Å². The zero-order valence-electron chi connectivity index (χ0n) is 27.3. The molecule has 0 saturated carbocycles. The molecule has 6 rings (SSSR count). The Morgan fingerprint density at radius 1 is 0.413 bits per heavy atom. The van der Waals surface area contributed by atoms with Crippen molar-refractivity contribution in [1.82, 2.24) is 0 Å². The molecular formula is C38H44O6Si2. The van der Waals surface area contributed by atoms with Crippen molar-refractivity contribution in [3.8, 4) is 23.0 Å². The van der Waals surface area contributed by atoms with Crippen molar-refractivity contribution >= 4 is 48.5 Å². The Balaban J connectivity index is 0.000000181. The average Bonchev–Trinajstić information content (AvgIpc) is 3.13. The zero-order valence-corrected chi connectivity index (χ0v) is 29.3. The highest BCUT2D eigenvalue weighted by atomic mass is 28.3. The molecule has 6 nitrogen and oxygen atoms in total. The molecule has 46 heavy (non-hydrogen) atoms. The van der Waals surface area contributed by atoms with Gasteiger partial charge in [0.25, 0.3) is 0 Å². The minimum absolute atomic E-state index is 0.373. The summed E-state index contributed by atoms with van der Waals surface area (Å²) >= 11 is 0. The summed E-state index contributed by atoms with van der Waals surface area (Å²) < 4.78 is 22.7. The number of carbonyl (C=O) groups excluding carboxylic acids is 2. The Labute approximate surface area is 274 Å². The quantitative estimate of drug-likeness (QED) is 0.242. The summed E-state index contributed by atoms with van der Waals surface area (Å²) in [6.45, 7) is 0. The van der Waals surface area contributed by atoms with Crippen LogP contribution in [0.3, 0.4) is 0 Å². The molecule has 0 radical (unpaired) electrons. The molecule has 8 heteroatoms. The molecule has 2 fully saturated rings. The predicted molar refractivity (Wildman–Crippen MR) is 190 cm³/mol. The standard InChI is InChI=1S/2C19H22O3Si/c2*1-21-17-9-6-10-18(22-2)19(17)23(13-11-15(20)12-14-23)16-7-4-3-5-8-16/h2*3-10H,11-14H2,1-2H3. The van der Waals surface area contributed by atoms with Crippen LogP contribution in [0.5, 0.6) is 23.0 Å². The van der Waals surface area contributed by atoms with E-state index >= 15 is 0 Å². The average molecular weight is 653 g/mol. The van der Waals surface area contributed by atoms with Gasteiger partial charge in [-0.15, -0.1) is 0 Å². The normalized spacial score (nSPS) is 16.9. The molecule has 0 amide bonds. The Morgan fingerprint density at radius 2 is 0.696 bits per heavy atom. The number of Topliss-reactive ketones (excluding diaryl/α,β-unsaturated/α-hetero) is 2. The van der Waals surface area contributed by atoms with E-state index < -0.39 is 16.1 Å². The molecular weight excluding hydrogens is 609 g/mol. The number of ether oxygens (including phenoxy) is 4. The molecule has 0 N–H and O–H groups in total. The van der Waals surface area contributed by atoms with Crippen molar-refractivity contribution in [2.24, 2.45) is 0 Å². The summed E-state index contributed by atoms with van der Waals surface area (Å²) in [6.07, 6.45) is 2.62. The summed E-state index contributed by atoms with van der Waals surface area (Å²) in [5.41, 5.74) is 0. The van der Waals surface area contributed by atoms with Gasteiger partial charge in [0.05, 0.1) is 28.4 Å². The van der Waals surface area contributed by atoms with Crippen LogP contribution in [-0.2, 0) is 9.59 Å². The van der Waals surface area contributed by atoms with Gasteiger partial charge in [-0.3, -0.25) is 9.59 Å². The summed E-state index contributed by atoms with van der Waals surface area (Å²) in [6, 6.07) is 36.9. The van der Waals surface area contributed by atoms with E-state index in [9.17, 15) is 9.59 Å². The monoisotopic (exact) mass is 652 g/mol. The smallest absolute Gasteiger partial charge is 0.132 e. The van der Waals surface area contributed by atoms with E-state index in [1.807, 2.05) is 48.5 Å². The number of ketones is 2. The van der Waals surface area contributed by atoms with Crippen molar-refractivity contribution in [2.75, 3.05) is 28.4 Å². The first-order chi connectivity index (χ1) is 22.4. The lowest BCUT2D eigenvalue weighted by Crippen LogP contribution is -2.60. The van der Waals surface area contributed by atoms with Gasteiger partial charge in [0.1, 0.15) is 50.7 Å². The molecule has 2 aliphatic heterocycles. The fourth-order valence-electron chi connectivity index (χ4n) is 7.44. The molecule has 4 aromatic rings. The first-order valence-corrected chi connectivity index (χ1v) is 20.8. The van der Waals surface area contributed by atoms with Crippen LogP contribution in [0.1, 0.15) is 25.7 Å². The highest BCUT2D eigenvalue weighted by Crippen LogP contribution is 2.34. The summed E-state index contributed by atoms with van der Waals surface area (Å²) in [5, 5.41) is 5.11. The summed E-state index contributed by atoms with van der Waals surface area (Å²) in [7, 11) is 2.67. The molecule has 0 spiro atoms. The highest BCUT2D eigenvalue weighted by molar-refractivity contribution is 7.04. The van der Waals surface area contributed by atoms with E-state index in [0.29, 0.717) is 37.2 Å². The minimum atomic E-state index is -2.08. The van der Waals surface area contributed by atoms with E-state index in [-0.39, 0.29) is 0 Å². The van der Waals surface area contributed by atoms with Gasteiger partial charge in [-0.2, -0.15) is 0 Å². The van der Waals surface area contributed by atoms with Crippen molar-refractivity contribution in [3.63, 3.8) is 0 Å². The molecule has 240 valence electrons. The van der Waals surface area contributed by atoms with Gasteiger partial charge in [-0.1, -0.05) is 83.2 Å². The van der Waals surface area contributed by atoms with E-state index in [0.717, 1.165) is 47.2 Å². The number of hydrogen-bond donors (Lipinski definition) is 0. The highest BCUT2D eigenvalue weighted by Gasteiger charge is 2.45. The lowest BCUT2D eigenvalue weighted by molar-refractivity contribution is -0.119. The van der Waals surface area contributed by atoms with Crippen LogP contribution in [0.15, 0.2) is 97.1 Å². The second-order valence-corrected chi connectivity index (χ2v) is 20.5. The van der Waals surface area contributed by atoms with E-state index in [1.54, 1.807) is 28.4 Å². The van der Waals surface area contributed by atoms with Gasteiger partial charge in [0.15, 0.2) is 0 Å². The van der Waals surface area contributed by atoms with Gasteiger partial charge >= 0.3 is 0 Å². The van der Waals surface area contributed by atoms with Crippen molar-refractivity contribution in [2.45, 2.75) is 49.9 Å². The number of methoxy groups -OCH3 is 4. The van der Waals surface area contributed by atoms with Gasteiger partial charge in [0.2, 0.25) is 0 Å². The second kappa shape index (κ2) is 15.0. The predicted octanol–water partition coefficient (Wildman–Crippen LogP) is 5.26. The topological polar surface area (TPSA) is 71.1 Å². The molecule has 2 aliphatic rings. The molecule has 0 unspecified atom stereocenters. The van der Waals surface area contributed by atoms with E-state index in [2.05, 4.69) is 48.5 Å². The fourth-order valence-corrected chi connectivity index (χ4v) is 17.8. The SMILES string of the molecule is COc1cccc(OC)c1[Si]1(c2ccccc2)CCC(=O)CC1.COc1cccc(OC)c1[Si]1(c2ccccc2)CCC(=O)CC1. The third-order valence-corrected chi connectivity index (χ3v) is 20.0. The van der Waals surface area contributed by atoms with Crippen LogP contribution in [0, 0.1) is 0 Å². The number of rotatable bonds is 8. The lowest BCUT2D eigenvalue weighted by atomic mass is 10.2. The third-order valence-electron chi connectivity index (χ3n) is 9.79. The molecule has 4 aromatic carbocycles. The summed E-state index contributed by atoms with van der Waals surface area (Å²) in [4.78, 5) is 23.8. The Kier molecular flexibility index (Phi) is 10.8. The maximum atomic E-state index is 11.9. The van der Waals surface area contributed by atoms with Crippen LogP contribution in [0.4, 0.5) is 0 Å². The number of hydrogen-bond acceptors (Lipinski definition) is 6. The van der Waals surface area contributed by atoms with E-state index in [1.165, 1.54) is 20.7 Å².